The van der Waals surface area contributed by atoms with Crippen molar-refractivity contribution in [3.63, 3.8) is 0 Å². The van der Waals surface area contributed by atoms with Gasteiger partial charge in [0.05, 0.1) is 11.9 Å². The molecule has 4 nitrogen and oxygen atoms in total. The third-order valence-electron chi connectivity index (χ3n) is 5.46. The van der Waals surface area contributed by atoms with Crippen molar-refractivity contribution < 1.29 is 0 Å². The lowest BCUT2D eigenvalue weighted by molar-refractivity contribution is 0.150. The largest absolute Gasteiger partial charge is 0.304 e. The number of nitrogens with zero attached hydrogens (tertiary/aromatic N) is 4. The topological polar surface area (TPSA) is 24.3 Å². The summed E-state index contributed by atoms with van der Waals surface area (Å²) >= 11 is 0. The SMILES string of the molecule is CN1CCN(CCC2CCc3c2cnn3-c2ccccc2)CC1. The molecule has 1 aromatic heterocycles. The second-order valence-corrected chi connectivity index (χ2v) is 6.96. The third kappa shape index (κ3) is 3.06. The molecule has 1 aliphatic heterocycles. The first kappa shape index (κ1) is 14.9. The number of hydrogen-bond acceptors (Lipinski definition) is 3. The first-order valence-electron chi connectivity index (χ1n) is 8.84. The molecule has 1 saturated heterocycles. The average Bonchev–Trinajstić information content (AvgIpc) is 3.17. The van der Waals surface area contributed by atoms with Crippen LogP contribution in [-0.2, 0) is 6.42 Å². The van der Waals surface area contributed by atoms with E-state index in [1.807, 2.05) is 0 Å². The van der Waals surface area contributed by atoms with Gasteiger partial charge in [0.2, 0.25) is 0 Å². The van der Waals surface area contributed by atoms with Crippen LogP contribution in [0, 0.1) is 0 Å². The van der Waals surface area contributed by atoms with Crippen LogP contribution in [-0.4, -0.2) is 59.4 Å². The minimum atomic E-state index is 0.696. The number of para-hydroxylation sites is 1. The van der Waals surface area contributed by atoms with Gasteiger partial charge in [-0.2, -0.15) is 5.10 Å². The number of likely N-dealkylation sites (N-methyl/N-ethyl adjacent to an activating group) is 1. The van der Waals surface area contributed by atoms with E-state index in [4.69, 9.17) is 0 Å². The maximum absolute atomic E-state index is 4.66. The summed E-state index contributed by atoms with van der Waals surface area (Å²) in [4.78, 5) is 5.05. The summed E-state index contributed by atoms with van der Waals surface area (Å²) in [6.45, 7) is 6.09. The summed E-state index contributed by atoms with van der Waals surface area (Å²) in [5, 5.41) is 4.66. The highest BCUT2D eigenvalue weighted by Gasteiger charge is 2.27. The molecule has 23 heavy (non-hydrogen) atoms. The van der Waals surface area contributed by atoms with Gasteiger partial charge >= 0.3 is 0 Å². The Morgan fingerprint density at radius 2 is 1.87 bits per heavy atom. The van der Waals surface area contributed by atoms with Crippen LogP contribution in [0.4, 0.5) is 0 Å². The normalized spacial score (nSPS) is 22.4. The fraction of sp³-hybridized carbons (Fsp3) is 0.526. The highest BCUT2D eigenvalue weighted by Crippen LogP contribution is 2.36. The van der Waals surface area contributed by atoms with Gasteiger partial charge in [0.1, 0.15) is 0 Å². The van der Waals surface area contributed by atoms with Crippen molar-refractivity contribution in [2.75, 3.05) is 39.8 Å². The zero-order valence-corrected chi connectivity index (χ0v) is 14.0. The van der Waals surface area contributed by atoms with E-state index in [0.29, 0.717) is 5.92 Å². The van der Waals surface area contributed by atoms with Crippen LogP contribution in [0.1, 0.15) is 30.0 Å². The van der Waals surface area contributed by atoms with Crippen LogP contribution < -0.4 is 0 Å². The van der Waals surface area contributed by atoms with Gasteiger partial charge in [0.15, 0.2) is 0 Å². The Bertz CT molecular complexity index is 641. The quantitative estimate of drug-likeness (QED) is 0.867. The Kier molecular flexibility index (Phi) is 4.19. The zero-order chi connectivity index (χ0) is 15.6. The third-order valence-corrected chi connectivity index (χ3v) is 5.46. The molecule has 2 heterocycles. The maximum Gasteiger partial charge on any atom is 0.0648 e. The number of fused-ring (bicyclic) bond motifs is 1. The summed E-state index contributed by atoms with van der Waals surface area (Å²) in [6.07, 6.45) is 5.84. The lowest BCUT2D eigenvalue weighted by Gasteiger charge is -2.32. The molecule has 122 valence electrons. The van der Waals surface area contributed by atoms with Crippen LogP contribution >= 0.6 is 0 Å². The highest BCUT2D eigenvalue weighted by molar-refractivity contribution is 5.38. The lowest BCUT2D eigenvalue weighted by atomic mass is 10.00. The fourth-order valence-corrected chi connectivity index (χ4v) is 3.95. The standard InChI is InChI=1S/C19H26N4/c1-21-11-13-22(14-12-21)10-9-16-7-8-19-18(16)15-20-23(19)17-5-3-2-4-6-17/h2-6,15-16H,7-14H2,1H3. The van der Waals surface area contributed by atoms with Gasteiger partial charge in [-0.15, -0.1) is 0 Å². The van der Waals surface area contributed by atoms with Gasteiger partial charge < -0.3 is 9.80 Å². The van der Waals surface area contributed by atoms with E-state index < -0.39 is 0 Å². The Morgan fingerprint density at radius 1 is 1.09 bits per heavy atom. The Hall–Kier alpha value is -1.65. The molecule has 2 aliphatic rings. The van der Waals surface area contributed by atoms with E-state index in [2.05, 4.69) is 63.2 Å². The van der Waals surface area contributed by atoms with E-state index >= 15 is 0 Å². The van der Waals surface area contributed by atoms with Crippen LogP contribution in [0.5, 0.6) is 0 Å². The number of benzene rings is 1. The average molecular weight is 310 g/mol. The molecule has 1 aromatic carbocycles. The molecule has 1 atom stereocenters. The van der Waals surface area contributed by atoms with Gasteiger partial charge in [-0.25, -0.2) is 4.68 Å². The second-order valence-electron chi connectivity index (χ2n) is 6.96. The van der Waals surface area contributed by atoms with Crippen molar-refractivity contribution in [2.24, 2.45) is 0 Å². The van der Waals surface area contributed by atoms with Crippen molar-refractivity contribution in [1.82, 2.24) is 19.6 Å². The van der Waals surface area contributed by atoms with Gasteiger partial charge in [0, 0.05) is 31.9 Å². The fourth-order valence-electron chi connectivity index (χ4n) is 3.95. The minimum absolute atomic E-state index is 0.696. The number of hydrogen-bond donors (Lipinski definition) is 0. The molecule has 0 spiro atoms. The van der Waals surface area contributed by atoms with Crippen molar-refractivity contribution in [2.45, 2.75) is 25.2 Å². The summed E-state index contributed by atoms with van der Waals surface area (Å²) in [7, 11) is 2.22. The van der Waals surface area contributed by atoms with Crippen LogP contribution in [0.3, 0.4) is 0 Å². The summed E-state index contributed by atoms with van der Waals surface area (Å²) in [5.41, 5.74) is 4.11. The van der Waals surface area contributed by atoms with Crippen molar-refractivity contribution in [3.8, 4) is 5.69 Å². The Balaban J connectivity index is 1.42. The molecule has 0 amide bonds. The minimum Gasteiger partial charge on any atom is -0.304 e. The zero-order valence-electron chi connectivity index (χ0n) is 14.0. The predicted octanol–water partition coefficient (Wildman–Crippen LogP) is 2.54. The van der Waals surface area contributed by atoms with Crippen molar-refractivity contribution in [3.05, 3.63) is 47.8 Å². The summed E-state index contributed by atoms with van der Waals surface area (Å²) in [5.74, 6) is 0.696. The van der Waals surface area contributed by atoms with Gasteiger partial charge in [-0.05, 0) is 56.5 Å². The maximum atomic E-state index is 4.66. The molecule has 0 bridgehead atoms. The molecule has 1 fully saturated rings. The molecular formula is C19H26N4. The molecule has 1 unspecified atom stereocenters. The van der Waals surface area contributed by atoms with Gasteiger partial charge in [-0.1, -0.05) is 18.2 Å². The first-order chi connectivity index (χ1) is 11.3. The summed E-state index contributed by atoms with van der Waals surface area (Å²) in [6, 6.07) is 10.5. The number of aromatic nitrogens is 2. The first-order valence-corrected chi connectivity index (χ1v) is 8.84. The van der Waals surface area contributed by atoms with Crippen molar-refractivity contribution in [1.29, 1.82) is 0 Å². The van der Waals surface area contributed by atoms with E-state index in [1.165, 1.54) is 62.5 Å². The number of piperazine rings is 1. The Morgan fingerprint density at radius 3 is 2.65 bits per heavy atom. The smallest absolute Gasteiger partial charge is 0.0648 e. The molecule has 4 heteroatoms. The van der Waals surface area contributed by atoms with Crippen LogP contribution in [0.2, 0.25) is 0 Å². The molecule has 2 aromatic rings. The Labute approximate surface area is 138 Å². The van der Waals surface area contributed by atoms with Gasteiger partial charge in [0.25, 0.3) is 0 Å². The molecule has 0 N–H and O–H groups in total. The van der Waals surface area contributed by atoms with E-state index in [-0.39, 0.29) is 0 Å². The van der Waals surface area contributed by atoms with E-state index in [0.717, 1.165) is 6.42 Å². The van der Waals surface area contributed by atoms with Gasteiger partial charge in [-0.3, -0.25) is 0 Å². The summed E-state index contributed by atoms with van der Waals surface area (Å²) < 4.78 is 2.14. The van der Waals surface area contributed by atoms with E-state index in [9.17, 15) is 0 Å². The number of rotatable bonds is 4. The molecule has 0 radical (unpaired) electrons. The second kappa shape index (κ2) is 6.46. The molecule has 1 aliphatic carbocycles. The highest BCUT2D eigenvalue weighted by atomic mass is 15.3. The monoisotopic (exact) mass is 310 g/mol. The molecular weight excluding hydrogens is 284 g/mol. The van der Waals surface area contributed by atoms with Crippen LogP contribution in [0.15, 0.2) is 36.5 Å². The van der Waals surface area contributed by atoms with E-state index in [1.54, 1.807) is 0 Å². The predicted molar refractivity (Wildman–Crippen MR) is 93.2 cm³/mol. The van der Waals surface area contributed by atoms with Crippen LogP contribution in [0.25, 0.3) is 5.69 Å². The lowest BCUT2D eigenvalue weighted by Crippen LogP contribution is -2.44. The van der Waals surface area contributed by atoms with Crippen molar-refractivity contribution >= 4 is 0 Å². The molecule has 0 saturated carbocycles. The molecule has 4 rings (SSSR count).